The molecular formula is C74H85F7N8O9. The van der Waals surface area contributed by atoms with Gasteiger partial charge >= 0.3 is 18.4 Å². The average Bonchev–Trinajstić information content (AvgIpc) is 1.59. The standard InChI is InChI=1S/C74H85F7N8O9/c1-84(36-14-37-89(95-3)69(93)53-22-28-60(29-23-53)82-35-13-5-8-21-66(90)85(2)43-44-86-38-30-61(31-39-86)98-70(94)83-64-20-12-10-18-62(64)52-15-6-4-7-16-52)67(91)49-96-65-47-54-17-9-11-19-63(54)71(65)32-40-87(41-33-71)42-34-72(56-24-26-59(75)27-25-56)50-88(51-97-72)68(92)55-45-57(73(76,77)78)48-58(46-55)74(79,80)81/h4,6-7,9-12,15-20,22-29,45-46,48,61,65,82H,5,8,13-14,21,30-44,47,49-51H2,1-3H3,(H,83,94)/t65-,72+/m0/s1. The van der Waals surface area contributed by atoms with Gasteiger partial charge in [-0.2, -0.15) is 26.3 Å². The first-order valence-corrected chi connectivity index (χ1v) is 33.4. The number of anilines is 2. The number of halogens is 7. The molecule has 6 aromatic carbocycles. The van der Waals surface area contributed by atoms with Crippen LogP contribution in [0.25, 0.3) is 11.1 Å². The van der Waals surface area contributed by atoms with Crippen molar-refractivity contribution in [2.75, 3.05) is 117 Å². The summed E-state index contributed by atoms with van der Waals surface area (Å²) in [6, 6.07) is 39.0. The molecule has 0 saturated carbocycles. The first-order chi connectivity index (χ1) is 47.0. The highest BCUT2D eigenvalue weighted by Crippen LogP contribution is 2.49. The maximum absolute atomic E-state index is 14.2. The number of carbonyl (C=O) groups is 5. The molecule has 1 spiro atoms. The summed E-state index contributed by atoms with van der Waals surface area (Å²) < 4.78 is 116. The number of likely N-dealkylation sites (tertiary alicyclic amines) is 2. The summed E-state index contributed by atoms with van der Waals surface area (Å²) >= 11 is 0. The molecule has 3 saturated heterocycles. The number of hydrogen-bond acceptors (Lipinski definition) is 12. The van der Waals surface area contributed by atoms with E-state index in [0.29, 0.717) is 100 Å². The van der Waals surface area contributed by atoms with Gasteiger partial charge in [-0.15, -0.1) is 0 Å². The van der Waals surface area contributed by atoms with E-state index in [1.807, 2.05) is 85.9 Å². The van der Waals surface area contributed by atoms with Crippen molar-refractivity contribution in [3.05, 3.63) is 190 Å². The molecule has 98 heavy (non-hydrogen) atoms. The second-order valence-electron chi connectivity index (χ2n) is 25.9. The molecule has 4 aliphatic rings. The Bertz CT molecular complexity index is 3650. The number of piperidine rings is 2. The van der Waals surface area contributed by atoms with Gasteiger partial charge in [0.1, 0.15) is 30.9 Å². The maximum atomic E-state index is 14.2. The Morgan fingerprint density at radius 3 is 2.02 bits per heavy atom. The lowest BCUT2D eigenvalue weighted by Crippen LogP contribution is -2.50. The zero-order valence-electron chi connectivity index (χ0n) is 55.5. The SMILES string of the molecule is CON(CCCN(C)C(=O)CO[C@H]1Cc2ccccc2C12CCN(CC[C@]1(c3ccc(F)cc3)CN(C(=O)c3cc(C(F)(F)F)cc(C(F)(F)F)c3)CO1)CC2)C(=O)c1ccc(NCCCCCC(=O)N(C)CCN2CCC(OC(=O)Nc3ccccc3-c3ccccc3)CC2)cc1. The molecule has 0 radical (unpaired) electrons. The minimum absolute atomic E-state index is 0.0311. The monoisotopic (exact) mass is 1360 g/mol. The number of hydrogen-bond donors (Lipinski definition) is 2. The van der Waals surface area contributed by atoms with Crippen LogP contribution in [-0.4, -0.2) is 178 Å². The Morgan fingerprint density at radius 2 is 1.33 bits per heavy atom. The second-order valence-corrected chi connectivity index (χ2v) is 25.9. The van der Waals surface area contributed by atoms with Crippen LogP contribution < -0.4 is 10.6 Å². The summed E-state index contributed by atoms with van der Waals surface area (Å²) in [5, 5.41) is 7.59. The highest BCUT2D eigenvalue weighted by atomic mass is 19.4. The first-order valence-electron chi connectivity index (χ1n) is 33.4. The van der Waals surface area contributed by atoms with Crippen molar-refractivity contribution in [3.63, 3.8) is 0 Å². The number of unbranched alkanes of at least 4 members (excludes halogenated alkanes) is 2. The predicted octanol–water partition coefficient (Wildman–Crippen LogP) is 12.9. The summed E-state index contributed by atoms with van der Waals surface area (Å²) in [5.41, 5.74) is 0.965. The van der Waals surface area contributed by atoms with Crippen molar-refractivity contribution in [3.8, 4) is 11.1 Å². The minimum Gasteiger partial charge on any atom is -0.446 e. The Labute approximate surface area is 567 Å². The number of nitrogens with zero attached hydrogens (tertiary/aromatic N) is 6. The largest absolute Gasteiger partial charge is 0.446 e. The lowest BCUT2D eigenvalue weighted by atomic mass is 9.72. The van der Waals surface area contributed by atoms with Crippen molar-refractivity contribution in [1.82, 2.24) is 29.6 Å². The van der Waals surface area contributed by atoms with Crippen LogP contribution in [-0.2, 0) is 58.4 Å². The fraction of sp³-hybridized carbons (Fsp3) is 0.446. The van der Waals surface area contributed by atoms with Crippen molar-refractivity contribution < 1.29 is 73.8 Å². The third-order valence-corrected chi connectivity index (χ3v) is 19.5. The number of carbonyl (C=O) groups excluding carboxylic acids is 5. The molecule has 24 heteroatoms. The number of fused-ring (bicyclic) bond motifs is 2. The number of benzene rings is 6. The molecular weight excluding hydrogens is 1280 g/mol. The van der Waals surface area contributed by atoms with Crippen LogP contribution in [0.2, 0.25) is 0 Å². The predicted molar refractivity (Wildman–Crippen MR) is 356 cm³/mol. The Kier molecular flexibility index (Phi) is 24.0. The first kappa shape index (κ1) is 72.3. The molecule has 0 aromatic heterocycles. The molecule has 3 fully saturated rings. The summed E-state index contributed by atoms with van der Waals surface area (Å²) in [4.78, 5) is 81.3. The summed E-state index contributed by atoms with van der Waals surface area (Å²) in [7, 11) is 4.95. The highest BCUT2D eigenvalue weighted by molar-refractivity contribution is 5.95. The lowest BCUT2D eigenvalue weighted by molar-refractivity contribution is -0.143. The molecule has 3 aliphatic heterocycles. The molecule has 524 valence electrons. The van der Waals surface area contributed by atoms with E-state index < -0.39 is 64.6 Å². The molecule has 3 heterocycles. The molecule has 5 amide bonds. The quantitative estimate of drug-likeness (QED) is 0.0285. The van der Waals surface area contributed by atoms with E-state index in [2.05, 4.69) is 32.6 Å². The summed E-state index contributed by atoms with van der Waals surface area (Å²) in [5.74, 6) is -2.07. The number of nitrogens with one attached hydrogen (secondary N) is 2. The molecule has 6 aromatic rings. The van der Waals surface area contributed by atoms with Crippen molar-refractivity contribution in [1.29, 1.82) is 0 Å². The normalized spacial score (nSPS) is 18.1. The van der Waals surface area contributed by atoms with Gasteiger partial charge in [-0.3, -0.25) is 29.3 Å². The number of amides is 5. The smallest absolute Gasteiger partial charge is 0.416 e. The molecule has 17 nitrogen and oxygen atoms in total. The van der Waals surface area contributed by atoms with E-state index >= 15 is 0 Å². The van der Waals surface area contributed by atoms with E-state index in [9.17, 15) is 54.7 Å². The van der Waals surface area contributed by atoms with Gasteiger partial charge < -0.3 is 44.0 Å². The van der Waals surface area contributed by atoms with E-state index in [4.69, 9.17) is 19.0 Å². The molecule has 1 aliphatic carbocycles. The number of hydroxylamine groups is 2. The van der Waals surface area contributed by atoms with E-state index in [1.165, 1.54) is 36.4 Å². The Balaban J connectivity index is 0.611. The van der Waals surface area contributed by atoms with Gasteiger partial charge in [-0.05, 0) is 154 Å². The number of likely N-dealkylation sites (N-methyl/N-ethyl adjacent to an activating group) is 2. The van der Waals surface area contributed by atoms with Gasteiger partial charge in [-0.25, -0.2) is 14.2 Å². The topological polar surface area (TPSA) is 166 Å². The fourth-order valence-electron chi connectivity index (χ4n) is 13.7. The Hall–Kier alpha value is -8.42. The number of ether oxygens (including phenoxy) is 3. The van der Waals surface area contributed by atoms with Crippen LogP contribution in [0.4, 0.5) is 46.9 Å². The number of para-hydroxylation sites is 1. The van der Waals surface area contributed by atoms with Crippen LogP contribution in [0.5, 0.6) is 0 Å². The van der Waals surface area contributed by atoms with Crippen LogP contribution in [0, 0.1) is 5.82 Å². The van der Waals surface area contributed by atoms with E-state index in [1.54, 1.807) is 29.0 Å². The molecule has 2 atom stereocenters. The molecule has 10 rings (SSSR count). The zero-order valence-corrected chi connectivity index (χ0v) is 55.5. The van der Waals surface area contributed by atoms with Gasteiger partial charge in [-0.1, -0.05) is 91.3 Å². The van der Waals surface area contributed by atoms with Gasteiger partial charge in [0, 0.05) is 94.1 Å². The second kappa shape index (κ2) is 32.5. The average molecular weight is 1360 g/mol. The Morgan fingerprint density at radius 1 is 0.673 bits per heavy atom. The van der Waals surface area contributed by atoms with Crippen LogP contribution in [0.3, 0.4) is 0 Å². The van der Waals surface area contributed by atoms with E-state index in [0.717, 1.165) is 84.6 Å². The molecule has 2 N–H and O–H groups in total. The maximum Gasteiger partial charge on any atom is 0.416 e. The van der Waals surface area contributed by atoms with Crippen LogP contribution in [0.1, 0.15) is 113 Å². The fourth-order valence-corrected chi connectivity index (χ4v) is 13.7. The minimum atomic E-state index is -5.15. The molecule has 0 unspecified atom stereocenters. The molecule has 0 bridgehead atoms. The summed E-state index contributed by atoms with van der Waals surface area (Å²) in [6.07, 6.45) is -4.29. The zero-order chi connectivity index (χ0) is 69.6. The van der Waals surface area contributed by atoms with Crippen molar-refractivity contribution in [2.24, 2.45) is 0 Å². The van der Waals surface area contributed by atoms with Crippen LogP contribution in [0.15, 0.2) is 146 Å². The van der Waals surface area contributed by atoms with Gasteiger partial charge in [0.2, 0.25) is 11.8 Å². The third-order valence-electron chi connectivity index (χ3n) is 19.5. The van der Waals surface area contributed by atoms with Crippen molar-refractivity contribution in [2.45, 2.75) is 106 Å². The third kappa shape index (κ3) is 18.3. The van der Waals surface area contributed by atoms with Gasteiger partial charge in [0.25, 0.3) is 11.8 Å². The lowest BCUT2D eigenvalue weighted by Gasteiger charge is -2.44. The van der Waals surface area contributed by atoms with Gasteiger partial charge in [0.05, 0.1) is 43.1 Å². The summed E-state index contributed by atoms with van der Waals surface area (Å²) in [6.45, 7) is 4.93. The van der Waals surface area contributed by atoms with E-state index in [-0.39, 0.29) is 62.1 Å². The number of rotatable bonds is 27. The van der Waals surface area contributed by atoms with Crippen molar-refractivity contribution >= 4 is 41.1 Å². The number of alkyl halides is 6. The highest BCUT2D eigenvalue weighted by Gasteiger charge is 2.50. The van der Waals surface area contributed by atoms with Gasteiger partial charge in [0.15, 0.2) is 0 Å². The van der Waals surface area contributed by atoms with Crippen LogP contribution >= 0.6 is 0 Å².